The fourth-order valence-electron chi connectivity index (χ4n) is 3.72. The highest BCUT2D eigenvalue weighted by Gasteiger charge is 2.32. The Morgan fingerprint density at radius 2 is 2.09 bits per heavy atom. The van der Waals surface area contributed by atoms with Crippen LogP contribution in [0.1, 0.15) is 50.7 Å². The molecule has 170 valence electrons. The second-order valence-electron chi connectivity index (χ2n) is 9.21. The summed E-state index contributed by atoms with van der Waals surface area (Å²) in [6.45, 7) is 6.30. The number of aromatic amines is 1. The third-order valence-electron chi connectivity index (χ3n) is 5.27. The second kappa shape index (κ2) is 9.34. The van der Waals surface area contributed by atoms with Crippen LogP contribution in [0.2, 0.25) is 0 Å². The smallest absolute Gasteiger partial charge is 0.287 e. The van der Waals surface area contributed by atoms with Crippen LogP contribution in [0.25, 0.3) is 11.0 Å². The maximum absolute atomic E-state index is 13.9. The van der Waals surface area contributed by atoms with Crippen molar-refractivity contribution in [1.29, 1.82) is 5.26 Å². The van der Waals surface area contributed by atoms with Crippen LogP contribution in [0.4, 0.5) is 4.39 Å². The first-order chi connectivity index (χ1) is 15.1. The standard InChI is InChI=1S/C22H27FN6O3/c1-22(2,3)10-16(20(31)26-13(11-24)9-12-7-8-25-19(12)30)28-21(32)18-27-15-6-4-5-14(23)17(15)29-18/h4-6,12-13,16H,7-10H2,1-3H3,(H,25,30)(H,26,31)(H,27,29)(H,28,32)/t12-,13-,16-/m0/s1. The van der Waals surface area contributed by atoms with Crippen LogP contribution in [0.3, 0.4) is 0 Å². The summed E-state index contributed by atoms with van der Waals surface area (Å²) in [5.41, 5.74) is 0.0863. The number of hydrogen-bond acceptors (Lipinski definition) is 5. The molecule has 0 aliphatic carbocycles. The molecule has 2 aromatic rings. The van der Waals surface area contributed by atoms with Crippen LogP contribution in [0.15, 0.2) is 18.2 Å². The minimum atomic E-state index is -0.950. The molecule has 10 heteroatoms. The van der Waals surface area contributed by atoms with E-state index in [0.717, 1.165) is 0 Å². The lowest BCUT2D eigenvalue weighted by atomic mass is 9.87. The van der Waals surface area contributed by atoms with Gasteiger partial charge in [0, 0.05) is 12.5 Å². The molecule has 3 rings (SSSR count). The van der Waals surface area contributed by atoms with Crippen molar-refractivity contribution in [2.24, 2.45) is 11.3 Å². The van der Waals surface area contributed by atoms with E-state index in [1.54, 1.807) is 6.07 Å². The number of para-hydroxylation sites is 1. The summed E-state index contributed by atoms with van der Waals surface area (Å²) >= 11 is 0. The molecule has 3 amide bonds. The molecule has 4 N–H and O–H groups in total. The van der Waals surface area contributed by atoms with Gasteiger partial charge in [0.05, 0.1) is 11.6 Å². The van der Waals surface area contributed by atoms with Gasteiger partial charge in [-0.25, -0.2) is 9.37 Å². The van der Waals surface area contributed by atoms with E-state index in [4.69, 9.17) is 0 Å². The zero-order valence-electron chi connectivity index (χ0n) is 18.3. The van der Waals surface area contributed by atoms with E-state index in [0.29, 0.717) is 24.9 Å². The Morgan fingerprint density at radius 1 is 1.34 bits per heavy atom. The fraction of sp³-hybridized carbons (Fsp3) is 0.500. The number of benzene rings is 1. The minimum absolute atomic E-state index is 0.0360. The largest absolute Gasteiger partial charge is 0.356 e. The number of aromatic nitrogens is 2. The molecule has 1 aromatic heterocycles. The van der Waals surface area contributed by atoms with Gasteiger partial charge in [-0.1, -0.05) is 26.8 Å². The number of H-pyrrole nitrogens is 1. The Morgan fingerprint density at radius 3 is 2.69 bits per heavy atom. The van der Waals surface area contributed by atoms with Gasteiger partial charge in [0.25, 0.3) is 5.91 Å². The second-order valence-corrected chi connectivity index (χ2v) is 9.21. The SMILES string of the molecule is CC(C)(C)C[C@H](NC(=O)c1nc2c(F)cccc2[nH]1)C(=O)N[C@H](C#N)C[C@@H]1CCNC1=O. The number of hydrogen-bond donors (Lipinski definition) is 4. The molecular weight excluding hydrogens is 415 g/mol. The molecule has 32 heavy (non-hydrogen) atoms. The maximum Gasteiger partial charge on any atom is 0.287 e. The molecule has 9 nitrogen and oxygen atoms in total. The van der Waals surface area contributed by atoms with Crippen molar-refractivity contribution in [3.05, 3.63) is 29.8 Å². The van der Waals surface area contributed by atoms with Gasteiger partial charge in [-0.3, -0.25) is 14.4 Å². The summed E-state index contributed by atoms with van der Waals surface area (Å²) < 4.78 is 13.9. The lowest BCUT2D eigenvalue weighted by Gasteiger charge is -2.27. The summed E-state index contributed by atoms with van der Waals surface area (Å²) in [7, 11) is 0. The molecule has 3 atom stereocenters. The van der Waals surface area contributed by atoms with E-state index in [2.05, 4.69) is 25.9 Å². The highest BCUT2D eigenvalue weighted by atomic mass is 19.1. The van der Waals surface area contributed by atoms with E-state index in [1.165, 1.54) is 12.1 Å². The van der Waals surface area contributed by atoms with Crippen LogP contribution >= 0.6 is 0 Å². The number of halogens is 1. The van der Waals surface area contributed by atoms with Gasteiger partial charge in [0.2, 0.25) is 11.8 Å². The first-order valence-electron chi connectivity index (χ1n) is 10.5. The number of nitrogens with one attached hydrogen (secondary N) is 4. The number of carbonyl (C=O) groups excluding carboxylic acids is 3. The molecular formula is C22H27FN6O3. The normalized spacial score (nSPS) is 18.0. The zero-order chi connectivity index (χ0) is 23.5. The number of rotatable bonds is 7. The first kappa shape index (κ1) is 23.2. The summed E-state index contributed by atoms with van der Waals surface area (Å²) in [6, 6.07) is 4.55. The number of amides is 3. The number of nitriles is 1. The van der Waals surface area contributed by atoms with E-state index >= 15 is 0 Å². The summed E-state index contributed by atoms with van der Waals surface area (Å²) in [6.07, 6.45) is 1.10. The number of fused-ring (bicyclic) bond motifs is 1. The summed E-state index contributed by atoms with van der Waals surface area (Å²) in [5, 5.41) is 17.5. The highest BCUT2D eigenvalue weighted by Crippen LogP contribution is 2.22. The van der Waals surface area contributed by atoms with Crippen LogP contribution in [-0.4, -0.2) is 46.3 Å². The number of nitrogens with zero attached hydrogens (tertiary/aromatic N) is 2. The van der Waals surface area contributed by atoms with Crippen molar-refractivity contribution in [3.8, 4) is 6.07 Å². The Labute approximate surface area is 185 Å². The van der Waals surface area contributed by atoms with Gasteiger partial charge < -0.3 is 20.9 Å². The van der Waals surface area contributed by atoms with E-state index < -0.39 is 29.7 Å². The molecule has 2 heterocycles. The molecule has 0 saturated carbocycles. The van der Waals surface area contributed by atoms with Gasteiger partial charge >= 0.3 is 0 Å². The highest BCUT2D eigenvalue weighted by molar-refractivity contribution is 5.97. The lowest BCUT2D eigenvalue weighted by molar-refractivity contribution is -0.125. The predicted molar refractivity (Wildman–Crippen MR) is 115 cm³/mol. The zero-order valence-corrected chi connectivity index (χ0v) is 18.3. The molecule has 0 radical (unpaired) electrons. The molecule has 0 spiro atoms. The molecule has 0 unspecified atom stereocenters. The minimum Gasteiger partial charge on any atom is -0.356 e. The van der Waals surface area contributed by atoms with Gasteiger partial charge in [0.15, 0.2) is 11.6 Å². The Bertz CT molecular complexity index is 1070. The molecule has 1 saturated heterocycles. The maximum atomic E-state index is 13.9. The third kappa shape index (κ3) is 5.60. The number of imidazole rings is 1. The first-order valence-corrected chi connectivity index (χ1v) is 10.5. The van der Waals surface area contributed by atoms with Gasteiger partial charge in [-0.2, -0.15) is 5.26 Å². The molecule has 1 aliphatic rings. The van der Waals surface area contributed by atoms with Crippen LogP contribution in [0.5, 0.6) is 0 Å². The van der Waals surface area contributed by atoms with Crippen molar-refractivity contribution >= 4 is 28.8 Å². The van der Waals surface area contributed by atoms with Crippen molar-refractivity contribution in [3.63, 3.8) is 0 Å². The molecule has 1 fully saturated rings. The molecule has 0 bridgehead atoms. The lowest BCUT2D eigenvalue weighted by Crippen LogP contribution is -2.51. The Balaban J connectivity index is 1.73. The Kier molecular flexibility index (Phi) is 6.77. The predicted octanol–water partition coefficient (Wildman–Crippen LogP) is 1.77. The van der Waals surface area contributed by atoms with Crippen molar-refractivity contribution < 1.29 is 18.8 Å². The average molecular weight is 442 g/mol. The molecule has 1 aliphatic heterocycles. The third-order valence-corrected chi connectivity index (χ3v) is 5.27. The van der Waals surface area contributed by atoms with Crippen LogP contribution < -0.4 is 16.0 Å². The average Bonchev–Trinajstić information content (AvgIpc) is 3.33. The van der Waals surface area contributed by atoms with E-state index in [-0.39, 0.29) is 35.0 Å². The van der Waals surface area contributed by atoms with Gasteiger partial charge in [0.1, 0.15) is 17.6 Å². The van der Waals surface area contributed by atoms with E-state index in [1.807, 2.05) is 26.8 Å². The van der Waals surface area contributed by atoms with Crippen molar-refractivity contribution in [2.75, 3.05) is 6.54 Å². The summed E-state index contributed by atoms with van der Waals surface area (Å²) in [5.74, 6) is -2.32. The van der Waals surface area contributed by atoms with Crippen LogP contribution in [-0.2, 0) is 9.59 Å². The van der Waals surface area contributed by atoms with Crippen LogP contribution in [0, 0.1) is 28.5 Å². The monoisotopic (exact) mass is 442 g/mol. The topological polar surface area (TPSA) is 140 Å². The van der Waals surface area contributed by atoms with Crippen molar-refractivity contribution in [2.45, 2.75) is 52.1 Å². The fourth-order valence-corrected chi connectivity index (χ4v) is 3.72. The summed E-state index contributed by atoms with van der Waals surface area (Å²) in [4.78, 5) is 44.3. The van der Waals surface area contributed by atoms with Crippen molar-refractivity contribution in [1.82, 2.24) is 25.9 Å². The quantitative estimate of drug-likeness (QED) is 0.517. The number of carbonyl (C=O) groups is 3. The van der Waals surface area contributed by atoms with E-state index in [9.17, 15) is 24.0 Å². The van der Waals surface area contributed by atoms with Gasteiger partial charge in [-0.05, 0) is 36.8 Å². The van der Waals surface area contributed by atoms with Gasteiger partial charge in [-0.15, -0.1) is 0 Å². The Hall–Kier alpha value is -3.48. The molecule has 1 aromatic carbocycles.